The van der Waals surface area contributed by atoms with Crippen LogP contribution in [0, 0.1) is 5.92 Å². The van der Waals surface area contributed by atoms with Gasteiger partial charge in [0.25, 0.3) is 0 Å². The highest BCUT2D eigenvalue weighted by Gasteiger charge is 2.08. The number of rotatable bonds is 4. The second kappa shape index (κ2) is 4.47. The zero-order chi connectivity index (χ0) is 7.28. The standard InChI is InChI=1S/C6H14N2O/c1-5(2-3-7)6(9)4-8/h5H,2-4,7-8H2,1H3. The highest BCUT2D eigenvalue weighted by molar-refractivity contribution is 5.82. The van der Waals surface area contributed by atoms with Crippen molar-refractivity contribution in [1.29, 1.82) is 0 Å². The van der Waals surface area contributed by atoms with Crippen molar-refractivity contribution in [1.82, 2.24) is 0 Å². The zero-order valence-corrected chi connectivity index (χ0v) is 5.76. The second-order valence-corrected chi connectivity index (χ2v) is 2.15. The van der Waals surface area contributed by atoms with Gasteiger partial charge in [0.1, 0.15) is 5.78 Å². The van der Waals surface area contributed by atoms with Crippen LogP contribution in [0.1, 0.15) is 13.3 Å². The molecule has 3 heteroatoms. The molecular weight excluding hydrogens is 116 g/mol. The summed E-state index contributed by atoms with van der Waals surface area (Å²) in [5, 5.41) is 0. The van der Waals surface area contributed by atoms with Gasteiger partial charge in [0, 0.05) is 5.92 Å². The van der Waals surface area contributed by atoms with Gasteiger partial charge in [-0.2, -0.15) is 0 Å². The lowest BCUT2D eigenvalue weighted by atomic mass is 10.0. The molecule has 0 aliphatic heterocycles. The molecule has 0 bridgehead atoms. The van der Waals surface area contributed by atoms with Crippen molar-refractivity contribution in [2.75, 3.05) is 13.1 Å². The molecule has 0 aromatic carbocycles. The van der Waals surface area contributed by atoms with Crippen LogP contribution in [-0.2, 0) is 4.79 Å². The number of carbonyl (C=O) groups excluding carboxylic acids is 1. The molecule has 4 N–H and O–H groups in total. The van der Waals surface area contributed by atoms with Crippen molar-refractivity contribution in [3.8, 4) is 0 Å². The first-order chi connectivity index (χ1) is 4.22. The lowest BCUT2D eigenvalue weighted by molar-refractivity contribution is -0.121. The van der Waals surface area contributed by atoms with Crippen LogP contribution >= 0.6 is 0 Å². The lowest BCUT2D eigenvalue weighted by Gasteiger charge is -2.04. The molecule has 9 heavy (non-hydrogen) atoms. The Morgan fingerprint density at radius 1 is 1.56 bits per heavy atom. The summed E-state index contributed by atoms with van der Waals surface area (Å²) in [6.45, 7) is 2.55. The Labute approximate surface area is 55.4 Å². The Morgan fingerprint density at radius 3 is 2.44 bits per heavy atom. The maximum Gasteiger partial charge on any atom is 0.149 e. The normalized spacial score (nSPS) is 13.2. The van der Waals surface area contributed by atoms with E-state index in [1.54, 1.807) is 0 Å². The van der Waals surface area contributed by atoms with Gasteiger partial charge in [-0.15, -0.1) is 0 Å². The number of nitrogens with two attached hydrogens (primary N) is 2. The first-order valence-electron chi connectivity index (χ1n) is 3.15. The number of Topliss-reactive ketones (excluding diaryl/α,β-unsaturated/α-hetero) is 1. The van der Waals surface area contributed by atoms with Crippen molar-refractivity contribution >= 4 is 5.78 Å². The van der Waals surface area contributed by atoms with Crippen LogP contribution in [0.25, 0.3) is 0 Å². The first kappa shape index (κ1) is 8.59. The summed E-state index contributed by atoms with van der Waals surface area (Å²) in [5.41, 5.74) is 10.3. The van der Waals surface area contributed by atoms with Gasteiger partial charge in [0.05, 0.1) is 6.54 Å². The van der Waals surface area contributed by atoms with Crippen molar-refractivity contribution in [3.05, 3.63) is 0 Å². The molecule has 0 aromatic heterocycles. The highest BCUT2D eigenvalue weighted by Crippen LogP contribution is 1.99. The molecule has 0 saturated heterocycles. The molecule has 0 saturated carbocycles. The molecule has 1 unspecified atom stereocenters. The third kappa shape index (κ3) is 3.21. The fraction of sp³-hybridized carbons (Fsp3) is 0.833. The Bertz CT molecular complexity index is 93.1. The van der Waals surface area contributed by atoms with Crippen LogP contribution < -0.4 is 11.5 Å². The molecule has 1 atom stereocenters. The van der Waals surface area contributed by atoms with Crippen LogP contribution in [0.2, 0.25) is 0 Å². The van der Waals surface area contributed by atoms with E-state index in [2.05, 4.69) is 0 Å². The molecule has 0 aromatic rings. The average Bonchev–Trinajstić information content (AvgIpc) is 1.87. The van der Waals surface area contributed by atoms with Gasteiger partial charge in [-0.3, -0.25) is 4.79 Å². The minimum atomic E-state index is 0.0417. The van der Waals surface area contributed by atoms with Crippen molar-refractivity contribution in [3.63, 3.8) is 0 Å². The summed E-state index contributed by atoms with van der Waals surface area (Å²) in [6, 6.07) is 0. The van der Waals surface area contributed by atoms with Gasteiger partial charge in [0.15, 0.2) is 0 Å². The summed E-state index contributed by atoms with van der Waals surface area (Å²) >= 11 is 0. The molecule has 0 radical (unpaired) electrons. The fourth-order valence-corrected chi connectivity index (χ4v) is 0.612. The van der Waals surface area contributed by atoms with E-state index in [-0.39, 0.29) is 18.2 Å². The number of carbonyl (C=O) groups is 1. The van der Waals surface area contributed by atoms with E-state index in [0.717, 1.165) is 6.42 Å². The summed E-state index contributed by atoms with van der Waals surface area (Å²) in [7, 11) is 0. The molecule has 0 spiro atoms. The average molecular weight is 130 g/mol. The van der Waals surface area contributed by atoms with Crippen molar-refractivity contribution < 1.29 is 4.79 Å². The van der Waals surface area contributed by atoms with E-state index in [4.69, 9.17) is 11.5 Å². The van der Waals surface area contributed by atoms with Crippen LogP contribution in [-0.4, -0.2) is 18.9 Å². The summed E-state index contributed by atoms with van der Waals surface area (Å²) in [5.74, 6) is 0.139. The third-order valence-corrected chi connectivity index (χ3v) is 1.35. The van der Waals surface area contributed by atoms with Crippen molar-refractivity contribution in [2.24, 2.45) is 17.4 Å². The maximum absolute atomic E-state index is 10.7. The first-order valence-corrected chi connectivity index (χ1v) is 3.15. The predicted octanol–water partition coefficient (Wildman–Crippen LogP) is -0.501. The van der Waals surface area contributed by atoms with E-state index < -0.39 is 0 Å². The second-order valence-electron chi connectivity index (χ2n) is 2.15. The number of hydrogen-bond donors (Lipinski definition) is 2. The third-order valence-electron chi connectivity index (χ3n) is 1.35. The molecule has 0 aliphatic carbocycles. The Balaban J connectivity index is 3.45. The molecule has 0 heterocycles. The zero-order valence-electron chi connectivity index (χ0n) is 5.76. The number of hydrogen-bond acceptors (Lipinski definition) is 3. The SMILES string of the molecule is CC(CCN)C(=O)CN. The number of ketones is 1. The van der Waals surface area contributed by atoms with Crippen LogP contribution in [0.4, 0.5) is 0 Å². The van der Waals surface area contributed by atoms with Gasteiger partial charge in [0.2, 0.25) is 0 Å². The van der Waals surface area contributed by atoms with E-state index >= 15 is 0 Å². The van der Waals surface area contributed by atoms with Gasteiger partial charge in [-0.1, -0.05) is 6.92 Å². The largest absolute Gasteiger partial charge is 0.330 e. The van der Waals surface area contributed by atoms with Gasteiger partial charge in [-0.05, 0) is 13.0 Å². The van der Waals surface area contributed by atoms with Crippen molar-refractivity contribution in [2.45, 2.75) is 13.3 Å². The van der Waals surface area contributed by atoms with Gasteiger partial charge in [-0.25, -0.2) is 0 Å². The summed E-state index contributed by atoms with van der Waals surface area (Å²) < 4.78 is 0. The molecule has 3 nitrogen and oxygen atoms in total. The minimum Gasteiger partial charge on any atom is -0.330 e. The van der Waals surface area contributed by atoms with Gasteiger partial charge >= 0.3 is 0 Å². The highest BCUT2D eigenvalue weighted by atomic mass is 16.1. The van der Waals surface area contributed by atoms with E-state index in [0.29, 0.717) is 6.54 Å². The molecule has 0 aliphatic rings. The maximum atomic E-state index is 10.7. The van der Waals surface area contributed by atoms with E-state index in [1.165, 1.54) is 0 Å². The Morgan fingerprint density at radius 2 is 2.11 bits per heavy atom. The van der Waals surface area contributed by atoms with Crippen LogP contribution in [0.3, 0.4) is 0 Å². The quantitative estimate of drug-likeness (QED) is 0.539. The molecule has 54 valence electrons. The predicted molar refractivity (Wildman–Crippen MR) is 36.9 cm³/mol. The Hall–Kier alpha value is -0.410. The van der Waals surface area contributed by atoms with Crippen LogP contribution in [0.5, 0.6) is 0 Å². The summed E-state index contributed by atoms with van der Waals surface area (Å²) in [4.78, 5) is 10.7. The molecule has 0 amide bonds. The smallest absolute Gasteiger partial charge is 0.149 e. The topological polar surface area (TPSA) is 69.1 Å². The van der Waals surface area contributed by atoms with Crippen LogP contribution in [0.15, 0.2) is 0 Å². The Kier molecular flexibility index (Phi) is 4.26. The molecular formula is C6H14N2O. The molecule has 0 fully saturated rings. The van der Waals surface area contributed by atoms with E-state index in [9.17, 15) is 4.79 Å². The fourth-order valence-electron chi connectivity index (χ4n) is 0.612. The monoisotopic (exact) mass is 130 g/mol. The minimum absolute atomic E-state index is 0.0417. The summed E-state index contributed by atoms with van der Waals surface area (Å²) in [6.07, 6.45) is 0.746. The molecule has 0 rings (SSSR count). The lowest BCUT2D eigenvalue weighted by Crippen LogP contribution is -2.22. The van der Waals surface area contributed by atoms with Gasteiger partial charge < -0.3 is 11.5 Å². The van der Waals surface area contributed by atoms with E-state index in [1.807, 2.05) is 6.92 Å².